The van der Waals surface area contributed by atoms with E-state index in [2.05, 4.69) is 5.32 Å². The molecule has 4 N–H and O–H groups in total. The third kappa shape index (κ3) is 3.27. The summed E-state index contributed by atoms with van der Waals surface area (Å²) in [6, 6.07) is -0.232. The van der Waals surface area contributed by atoms with E-state index in [9.17, 15) is 4.79 Å². The van der Waals surface area contributed by atoms with Gasteiger partial charge in [0.15, 0.2) is 0 Å². The highest BCUT2D eigenvalue weighted by Crippen LogP contribution is 2.23. The molecule has 1 rings (SSSR count). The number of amides is 1. The lowest BCUT2D eigenvalue weighted by atomic mass is 9.86. The average Bonchev–Trinajstić information content (AvgIpc) is 2.18. The van der Waals surface area contributed by atoms with Crippen LogP contribution in [-0.2, 0) is 4.79 Å². The van der Waals surface area contributed by atoms with Crippen LogP contribution in [0, 0.1) is 5.92 Å². The van der Waals surface area contributed by atoms with E-state index >= 15 is 0 Å². The van der Waals surface area contributed by atoms with Gasteiger partial charge in [-0.2, -0.15) is 0 Å². The van der Waals surface area contributed by atoms with Gasteiger partial charge in [0.25, 0.3) is 0 Å². The minimum Gasteiger partial charge on any atom is -0.396 e. The molecule has 0 radical (unpaired) electrons. The molecule has 4 nitrogen and oxygen atoms in total. The Hall–Kier alpha value is -0.610. The zero-order chi connectivity index (χ0) is 10.6. The summed E-state index contributed by atoms with van der Waals surface area (Å²) in [6.07, 6.45) is 4.04. The maximum atomic E-state index is 11.3. The minimum atomic E-state index is -0.440. The second kappa shape index (κ2) is 5.32. The molecule has 0 bridgehead atoms. The van der Waals surface area contributed by atoms with Gasteiger partial charge in [0.05, 0.1) is 6.04 Å². The summed E-state index contributed by atoms with van der Waals surface area (Å²) in [5, 5.41) is 11.9. The van der Waals surface area contributed by atoms with Crippen LogP contribution >= 0.6 is 0 Å². The first kappa shape index (κ1) is 11.5. The number of nitrogens with two attached hydrogens (primary N) is 1. The Morgan fingerprint density at radius 2 is 2.36 bits per heavy atom. The summed E-state index contributed by atoms with van der Waals surface area (Å²) in [5.74, 6) is 0.260. The molecule has 1 aliphatic carbocycles. The molecule has 0 aromatic rings. The molecule has 1 fully saturated rings. The van der Waals surface area contributed by atoms with Gasteiger partial charge in [-0.15, -0.1) is 0 Å². The Balaban J connectivity index is 2.34. The minimum absolute atomic E-state index is 0.0893. The average molecular weight is 200 g/mol. The van der Waals surface area contributed by atoms with E-state index in [1.165, 1.54) is 0 Å². The maximum Gasteiger partial charge on any atom is 0.236 e. The molecule has 4 heteroatoms. The van der Waals surface area contributed by atoms with Gasteiger partial charge in [-0.25, -0.2) is 0 Å². The maximum absolute atomic E-state index is 11.3. The molecule has 1 saturated carbocycles. The van der Waals surface area contributed by atoms with E-state index in [4.69, 9.17) is 10.8 Å². The van der Waals surface area contributed by atoms with Crippen molar-refractivity contribution in [3.05, 3.63) is 0 Å². The van der Waals surface area contributed by atoms with Crippen LogP contribution in [0.5, 0.6) is 0 Å². The summed E-state index contributed by atoms with van der Waals surface area (Å²) in [6.45, 7) is 1.91. The van der Waals surface area contributed by atoms with Gasteiger partial charge in [-0.1, -0.05) is 6.42 Å². The molecular weight excluding hydrogens is 180 g/mol. The Labute approximate surface area is 84.9 Å². The number of aliphatic hydroxyl groups excluding tert-OH is 1. The predicted molar refractivity (Wildman–Crippen MR) is 54.6 cm³/mol. The molecule has 1 amide bonds. The largest absolute Gasteiger partial charge is 0.396 e. The van der Waals surface area contributed by atoms with E-state index in [0.717, 1.165) is 25.7 Å². The second-order valence-corrected chi connectivity index (χ2v) is 4.21. The number of aliphatic hydroxyl groups is 1. The van der Waals surface area contributed by atoms with Crippen molar-refractivity contribution in [3.63, 3.8) is 0 Å². The van der Waals surface area contributed by atoms with Crippen LogP contribution in [0.2, 0.25) is 0 Å². The molecule has 14 heavy (non-hydrogen) atoms. The van der Waals surface area contributed by atoms with Gasteiger partial charge < -0.3 is 16.2 Å². The molecule has 0 heterocycles. The molecule has 0 spiro atoms. The highest BCUT2D eigenvalue weighted by atomic mass is 16.3. The number of carbonyl (C=O) groups excluding carboxylic acids is 1. The van der Waals surface area contributed by atoms with E-state index < -0.39 is 6.04 Å². The molecule has 3 atom stereocenters. The van der Waals surface area contributed by atoms with Gasteiger partial charge in [-0.3, -0.25) is 4.79 Å². The monoisotopic (exact) mass is 200 g/mol. The third-order valence-electron chi connectivity index (χ3n) is 2.80. The van der Waals surface area contributed by atoms with E-state index in [1.807, 2.05) is 0 Å². The van der Waals surface area contributed by atoms with Gasteiger partial charge >= 0.3 is 0 Å². The Morgan fingerprint density at radius 1 is 1.64 bits per heavy atom. The van der Waals surface area contributed by atoms with Crippen molar-refractivity contribution < 1.29 is 9.90 Å². The zero-order valence-electron chi connectivity index (χ0n) is 8.70. The van der Waals surface area contributed by atoms with Crippen molar-refractivity contribution in [3.8, 4) is 0 Å². The van der Waals surface area contributed by atoms with E-state index in [1.54, 1.807) is 6.92 Å². The van der Waals surface area contributed by atoms with Crippen LogP contribution in [0.1, 0.15) is 32.6 Å². The normalized spacial score (nSPS) is 29.6. The van der Waals surface area contributed by atoms with Crippen molar-refractivity contribution in [2.75, 3.05) is 6.61 Å². The smallest absolute Gasteiger partial charge is 0.236 e. The fraction of sp³-hybridized carbons (Fsp3) is 0.900. The first-order valence-electron chi connectivity index (χ1n) is 5.30. The molecule has 82 valence electrons. The lowest BCUT2D eigenvalue weighted by Gasteiger charge is -2.29. The lowest BCUT2D eigenvalue weighted by Crippen LogP contribution is -2.45. The summed E-state index contributed by atoms with van der Waals surface area (Å²) in [7, 11) is 0. The van der Waals surface area contributed by atoms with Gasteiger partial charge in [0, 0.05) is 12.6 Å². The molecule has 0 aliphatic heterocycles. The van der Waals surface area contributed by atoms with Crippen molar-refractivity contribution in [2.45, 2.75) is 44.7 Å². The summed E-state index contributed by atoms with van der Waals surface area (Å²) in [5.41, 5.74) is 5.46. The molecular formula is C10H20N2O2. The first-order chi connectivity index (χ1) is 6.63. The second-order valence-electron chi connectivity index (χ2n) is 4.21. The van der Waals surface area contributed by atoms with Gasteiger partial charge in [0.2, 0.25) is 5.91 Å². The number of carbonyl (C=O) groups is 1. The molecule has 0 saturated heterocycles. The van der Waals surface area contributed by atoms with Crippen LogP contribution in [-0.4, -0.2) is 29.7 Å². The molecule has 3 unspecified atom stereocenters. The van der Waals surface area contributed by atoms with Gasteiger partial charge in [0.1, 0.15) is 0 Å². The summed E-state index contributed by atoms with van der Waals surface area (Å²) < 4.78 is 0. The Bertz CT molecular complexity index is 195. The fourth-order valence-electron chi connectivity index (χ4n) is 1.92. The Morgan fingerprint density at radius 3 is 2.93 bits per heavy atom. The summed E-state index contributed by atoms with van der Waals surface area (Å²) >= 11 is 0. The molecule has 1 aliphatic rings. The van der Waals surface area contributed by atoms with E-state index in [0.29, 0.717) is 5.92 Å². The third-order valence-corrected chi connectivity index (χ3v) is 2.80. The van der Waals surface area contributed by atoms with Crippen molar-refractivity contribution in [1.82, 2.24) is 5.32 Å². The zero-order valence-corrected chi connectivity index (χ0v) is 8.70. The highest BCUT2D eigenvalue weighted by molar-refractivity contribution is 5.81. The highest BCUT2D eigenvalue weighted by Gasteiger charge is 2.23. The SMILES string of the molecule is CC(N)C(=O)NC1CCCC(CO)C1. The Kier molecular flexibility index (Phi) is 4.35. The van der Waals surface area contributed by atoms with Crippen LogP contribution in [0.3, 0.4) is 0 Å². The number of nitrogens with one attached hydrogen (secondary N) is 1. The van der Waals surface area contributed by atoms with Crippen molar-refractivity contribution >= 4 is 5.91 Å². The van der Waals surface area contributed by atoms with Crippen molar-refractivity contribution in [2.24, 2.45) is 11.7 Å². The number of hydrogen-bond acceptors (Lipinski definition) is 3. The van der Waals surface area contributed by atoms with Crippen LogP contribution < -0.4 is 11.1 Å². The van der Waals surface area contributed by atoms with Crippen molar-refractivity contribution in [1.29, 1.82) is 0 Å². The van der Waals surface area contributed by atoms with Crippen LogP contribution in [0.25, 0.3) is 0 Å². The van der Waals surface area contributed by atoms with E-state index in [-0.39, 0.29) is 18.6 Å². The number of hydrogen-bond donors (Lipinski definition) is 3. The standard InChI is InChI=1S/C10H20N2O2/c1-7(11)10(14)12-9-4-2-3-8(5-9)6-13/h7-9,13H,2-6,11H2,1H3,(H,12,14). The van der Waals surface area contributed by atoms with Gasteiger partial charge in [-0.05, 0) is 32.1 Å². The lowest BCUT2D eigenvalue weighted by molar-refractivity contribution is -0.123. The topological polar surface area (TPSA) is 75.4 Å². The quantitative estimate of drug-likeness (QED) is 0.600. The van der Waals surface area contributed by atoms with Crippen LogP contribution in [0.15, 0.2) is 0 Å². The predicted octanol–water partition coefficient (Wildman–Crippen LogP) is 0.000900. The molecule has 0 aromatic heterocycles. The summed E-state index contributed by atoms with van der Waals surface area (Å²) in [4.78, 5) is 11.3. The fourth-order valence-corrected chi connectivity index (χ4v) is 1.92. The number of rotatable bonds is 3. The first-order valence-corrected chi connectivity index (χ1v) is 5.30. The van der Waals surface area contributed by atoms with Crippen LogP contribution in [0.4, 0.5) is 0 Å². The molecule has 0 aromatic carbocycles.